The molecule has 0 aliphatic rings. The third kappa shape index (κ3) is 3.00. The van der Waals surface area contributed by atoms with Crippen molar-refractivity contribution in [3.63, 3.8) is 0 Å². The largest absolute Gasteiger partial charge is 0.398 e. The highest BCUT2D eigenvalue weighted by atomic mass is 35.5. The van der Waals surface area contributed by atoms with Crippen LogP contribution in [0, 0.1) is 6.92 Å². The highest BCUT2D eigenvalue weighted by Gasteiger charge is 2.18. The van der Waals surface area contributed by atoms with Crippen LogP contribution in [0.5, 0.6) is 0 Å². The summed E-state index contributed by atoms with van der Waals surface area (Å²) >= 11 is 6.00. The SMILES string of the molecule is Cc1ccc(NS(=O)(=O)c2ccccc2N)c(Cl)c1. The number of nitrogens with two attached hydrogens (primary N) is 1. The molecule has 19 heavy (non-hydrogen) atoms. The van der Waals surface area contributed by atoms with Gasteiger partial charge in [-0.3, -0.25) is 4.72 Å². The van der Waals surface area contributed by atoms with E-state index in [4.69, 9.17) is 17.3 Å². The third-order valence-electron chi connectivity index (χ3n) is 2.58. The standard InChI is InChI=1S/C13H13ClN2O2S/c1-9-6-7-12(10(14)8-9)16-19(17,18)13-5-3-2-4-11(13)15/h2-8,16H,15H2,1H3. The van der Waals surface area contributed by atoms with Crippen molar-refractivity contribution in [2.45, 2.75) is 11.8 Å². The van der Waals surface area contributed by atoms with E-state index < -0.39 is 10.0 Å². The van der Waals surface area contributed by atoms with Gasteiger partial charge in [0.1, 0.15) is 4.90 Å². The fourth-order valence-corrected chi connectivity index (χ4v) is 3.18. The highest BCUT2D eigenvalue weighted by Crippen LogP contribution is 2.27. The molecular weight excluding hydrogens is 284 g/mol. The van der Waals surface area contributed by atoms with Crippen LogP contribution in [0.25, 0.3) is 0 Å². The van der Waals surface area contributed by atoms with E-state index in [0.29, 0.717) is 10.7 Å². The first-order valence-corrected chi connectivity index (χ1v) is 7.40. The van der Waals surface area contributed by atoms with Crippen LogP contribution in [0.4, 0.5) is 11.4 Å². The van der Waals surface area contributed by atoms with Gasteiger partial charge in [0.15, 0.2) is 0 Å². The Labute approximate surface area is 117 Å². The summed E-state index contributed by atoms with van der Waals surface area (Å²) in [7, 11) is -3.74. The average Bonchev–Trinajstić information content (AvgIpc) is 2.33. The van der Waals surface area contributed by atoms with Crippen molar-refractivity contribution in [1.29, 1.82) is 0 Å². The zero-order valence-corrected chi connectivity index (χ0v) is 11.8. The maximum Gasteiger partial charge on any atom is 0.263 e. The average molecular weight is 297 g/mol. The van der Waals surface area contributed by atoms with Crippen LogP contribution in [0.15, 0.2) is 47.4 Å². The predicted molar refractivity (Wildman–Crippen MR) is 77.9 cm³/mol. The van der Waals surface area contributed by atoms with E-state index in [1.54, 1.807) is 30.3 Å². The number of nitrogen functional groups attached to an aromatic ring is 1. The lowest BCUT2D eigenvalue weighted by Crippen LogP contribution is -2.15. The van der Waals surface area contributed by atoms with E-state index in [1.807, 2.05) is 6.92 Å². The summed E-state index contributed by atoms with van der Waals surface area (Å²) in [6, 6.07) is 11.3. The van der Waals surface area contributed by atoms with Crippen molar-refractivity contribution in [3.05, 3.63) is 53.1 Å². The van der Waals surface area contributed by atoms with Crippen LogP contribution in [0.2, 0.25) is 5.02 Å². The summed E-state index contributed by atoms with van der Waals surface area (Å²) < 4.78 is 26.9. The molecule has 0 amide bonds. The molecular formula is C13H13ClN2O2S. The molecule has 0 saturated heterocycles. The van der Waals surface area contributed by atoms with Gasteiger partial charge in [-0.05, 0) is 36.8 Å². The summed E-state index contributed by atoms with van der Waals surface area (Å²) in [6.07, 6.45) is 0. The third-order valence-corrected chi connectivity index (χ3v) is 4.33. The fourth-order valence-electron chi connectivity index (χ4n) is 1.63. The molecule has 0 saturated carbocycles. The quantitative estimate of drug-likeness (QED) is 0.855. The molecule has 0 spiro atoms. The van der Waals surface area contributed by atoms with Crippen molar-refractivity contribution in [1.82, 2.24) is 0 Å². The Hall–Kier alpha value is -1.72. The van der Waals surface area contributed by atoms with Crippen molar-refractivity contribution >= 4 is 33.0 Å². The van der Waals surface area contributed by atoms with Gasteiger partial charge in [-0.25, -0.2) is 8.42 Å². The molecule has 4 nitrogen and oxygen atoms in total. The van der Waals surface area contributed by atoms with Crippen molar-refractivity contribution in [3.8, 4) is 0 Å². The molecule has 2 rings (SSSR count). The topological polar surface area (TPSA) is 72.2 Å². The Kier molecular flexibility index (Phi) is 3.68. The number of benzene rings is 2. The second kappa shape index (κ2) is 5.11. The molecule has 0 fully saturated rings. The number of aryl methyl sites for hydroxylation is 1. The van der Waals surface area contributed by atoms with Gasteiger partial charge in [0.2, 0.25) is 0 Å². The number of hydrogen-bond acceptors (Lipinski definition) is 3. The Morgan fingerprint density at radius 1 is 1.16 bits per heavy atom. The minimum Gasteiger partial charge on any atom is -0.398 e. The molecule has 0 heterocycles. The van der Waals surface area contributed by atoms with Gasteiger partial charge in [-0.15, -0.1) is 0 Å². The molecule has 0 atom stereocenters. The summed E-state index contributed by atoms with van der Waals surface area (Å²) in [6.45, 7) is 1.87. The van der Waals surface area contributed by atoms with E-state index in [0.717, 1.165) is 5.56 Å². The maximum atomic E-state index is 12.2. The number of para-hydroxylation sites is 1. The summed E-state index contributed by atoms with van der Waals surface area (Å²) in [5, 5.41) is 0.345. The molecule has 6 heteroatoms. The van der Waals surface area contributed by atoms with Crippen molar-refractivity contribution < 1.29 is 8.42 Å². The Morgan fingerprint density at radius 3 is 2.47 bits per heavy atom. The second-order valence-corrected chi connectivity index (χ2v) is 6.18. The highest BCUT2D eigenvalue weighted by molar-refractivity contribution is 7.92. The van der Waals surface area contributed by atoms with Gasteiger partial charge in [-0.1, -0.05) is 29.8 Å². The predicted octanol–water partition coefficient (Wildman–Crippen LogP) is 3.03. The minimum atomic E-state index is -3.74. The van der Waals surface area contributed by atoms with Crippen LogP contribution >= 0.6 is 11.6 Å². The van der Waals surface area contributed by atoms with E-state index >= 15 is 0 Å². The van der Waals surface area contributed by atoms with E-state index in [2.05, 4.69) is 4.72 Å². The molecule has 0 aliphatic heterocycles. The van der Waals surface area contributed by atoms with Crippen LogP contribution in [-0.4, -0.2) is 8.42 Å². The molecule has 0 radical (unpaired) electrons. The van der Waals surface area contributed by atoms with E-state index in [9.17, 15) is 8.42 Å². The van der Waals surface area contributed by atoms with Crippen LogP contribution < -0.4 is 10.5 Å². The second-order valence-electron chi connectivity index (χ2n) is 4.13. The summed E-state index contributed by atoms with van der Waals surface area (Å²) in [5.74, 6) is 0. The molecule has 2 aromatic carbocycles. The molecule has 2 aromatic rings. The maximum absolute atomic E-state index is 12.2. The van der Waals surface area contributed by atoms with E-state index in [-0.39, 0.29) is 10.6 Å². The molecule has 100 valence electrons. The summed E-state index contributed by atoms with van der Waals surface area (Å²) in [5.41, 5.74) is 7.14. The molecule has 0 bridgehead atoms. The van der Waals surface area contributed by atoms with Crippen molar-refractivity contribution in [2.75, 3.05) is 10.5 Å². The van der Waals surface area contributed by atoms with Gasteiger partial charge >= 0.3 is 0 Å². The lowest BCUT2D eigenvalue weighted by Gasteiger charge is -2.11. The summed E-state index contributed by atoms with van der Waals surface area (Å²) in [4.78, 5) is 0.0339. The zero-order valence-electron chi connectivity index (χ0n) is 10.2. The van der Waals surface area contributed by atoms with Gasteiger partial charge < -0.3 is 5.73 Å². The molecule has 0 unspecified atom stereocenters. The fraction of sp³-hybridized carbons (Fsp3) is 0.0769. The first kappa shape index (κ1) is 13.7. The smallest absolute Gasteiger partial charge is 0.263 e. The van der Waals surface area contributed by atoms with Crippen LogP contribution in [-0.2, 0) is 10.0 Å². The monoisotopic (exact) mass is 296 g/mol. The zero-order chi connectivity index (χ0) is 14.0. The molecule has 0 aromatic heterocycles. The number of anilines is 2. The van der Waals surface area contributed by atoms with Crippen LogP contribution in [0.3, 0.4) is 0 Å². The molecule has 3 N–H and O–H groups in total. The Bertz CT molecular complexity index is 714. The number of nitrogens with one attached hydrogen (secondary N) is 1. The van der Waals surface area contributed by atoms with E-state index in [1.165, 1.54) is 12.1 Å². The van der Waals surface area contributed by atoms with Gasteiger partial charge in [0, 0.05) is 0 Å². The number of rotatable bonds is 3. The number of hydrogen-bond donors (Lipinski definition) is 2. The Balaban J connectivity index is 2.40. The van der Waals surface area contributed by atoms with Gasteiger partial charge in [0.25, 0.3) is 10.0 Å². The number of sulfonamides is 1. The van der Waals surface area contributed by atoms with Crippen molar-refractivity contribution in [2.24, 2.45) is 0 Å². The lowest BCUT2D eigenvalue weighted by atomic mass is 10.2. The van der Waals surface area contributed by atoms with Gasteiger partial charge in [-0.2, -0.15) is 0 Å². The molecule has 0 aliphatic carbocycles. The lowest BCUT2D eigenvalue weighted by molar-refractivity contribution is 0.601. The number of halogens is 1. The first-order valence-electron chi connectivity index (χ1n) is 5.53. The Morgan fingerprint density at radius 2 is 1.84 bits per heavy atom. The first-order chi connectivity index (χ1) is 8.90. The normalized spacial score (nSPS) is 11.3. The van der Waals surface area contributed by atoms with Crippen LogP contribution in [0.1, 0.15) is 5.56 Å². The van der Waals surface area contributed by atoms with Gasteiger partial charge in [0.05, 0.1) is 16.4 Å². The minimum absolute atomic E-state index is 0.0339.